The topological polar surface area (TPSA) is 162 Å². The van der Waals surface area contributed by atoms with Crippen molar-refractivity contribution in [2.75, 3.05) is 41.8 Å². The molecule has 204 valence electrons. The van der Waals surface area contributed by atoms with Gasteiger partial charge in [-0.25, -0.2) is 9.97 Å². The van der Waals surface area contributed by atoms with Crippen LogP contribution in [0.25, 0.3) is 20.7 Å². The van der Waals surface area contributed by atoms with Crippen LogP contribution in [0.2, 0.25) is 0 Å². The van der Waals surface area contributed by atoms with Crippen molar-refractivity contribution in [2.45, 2.75) is 37.8 Å². The molecule has 0 spiro atoms. The second-order valence-corrected chi connectivity index (χ2v) is 11.6. The van der Waals surface area contributed by atoms with Crippen molar-refractivity contribution >= 4 is 61.5 Å². The molecule has 1 saturated heterocycles. The summed E-state index contributed by atoms with van der Waals surface area (Å²) in [4.78, 5) is 36.9. The number of rotatable bonds is 7. The molecule has 5 heterocycles. The highest BCUT2D eigenvalue weighted by molar-refractivity contribution is 7.20. The summed E-state index contributed by atoms with van der Waals surface area (Å²) in [5, 5.41) is 9.00. The van der Waals surface area contributed by atoms with Gasteiger partial charge in [0.25, 0.3) is 5.91 Å². The van der Waals surface area contributed by atoms with Crippen LogP contribution in [0.4, 0.5) is 22.7 Å². The van der Waals surface area contributed by atoms with Crippen molar-refractivity contribution in [3.8, 4) is 10.4 Å². The van der Waals surface area contributed by atoms with Crippen LogP contribution in [-0.4, -0.2) is 54.3 Å². The zero-order valence-corrected chi connectivity index (χ0v) is 22.8. The van der Waals surface area contributed by atoms with Crippen LogP contribution in [0.3, 0.4) is 0 Å². The maximum absolute atomic E-state index is 12.8. The van der Waals surface area contributed by atoms with Gasteiger partial charge in [-0.05, 0) is 25.0 Å². The molecule has 2 atom stereocenters. The van der Waals surface area contributed by atoms with Crippen LogP contribution >= 0.6 is 22.7 Å². The molecule has 2 aliphatic rings. The summed E-state index contributed by atoms with van der Waals surface area (Å²) in [6.45, 7) is 2.51. The summed E-state index contributed by atoms with van der Waals surface area (Å²) in [5.74, 6) is 0.872. The smallest absolute Gasteiger partial charge is 0.252 e. The second-order valence-electron chi connectivity index (χ2n) is 9.67. The predicted octanol–water partition coefficient (Wildman–Crippen LogP) is 3.73. The van der Waals surface area contributed by atoms with E-state index in [-0.39, 0.29) is 23.1 Å². The highest BCUT2D eigenvalue weighted by Crippen LogP contribution is 2.39. The summed E-state index contributed by atoms with van der Waals surface area (Å²) in [6, 6.07) is 5.11. The number of anilines is 4. The molecule has 4 aromatic rings. The summed E-state index contributed by atoms with van der Waals surface area (Å²) >= 11 is 2.71. The van der Waals surface area contributed by atoms with Gasteiger partial charge in [0, 0.05) is 48.4 Å². The zero-order chi connectivity index (χ0) is 26.9. The average Bonchev–Trinajstić information content (AvgIpc) is 3.58. The van der Waals surface area contributed by atoms with E-state index >= 15 is 0 Å². The number of pyridine rings is 1. The summed E-state index contributed by atoms with van der Waals surface area (Å²) in [6.07, 6.45) is 5.89. The Hall–Kier alpha value is -3.52. The fourth-order valence-corrected chi connectivity index (χ4v) is 6.77. The fourth-order valence-electron chi connectivity index (χ4n) is 4.96. The number of amides is 1. The van der Waals surface area contributed by atoms with Crippen LogP contribution in [0, 0.1) is 0 Å². The maximum atomic E-state index is 12.8. The Morgan fingerprint density at radius 2 is 2.00 bits per heavy atom. The largest absolute Gasteiger partial charge is 0.439 e. The van der Waals surface area contributed by atoms with Gasteiger partial charge < -0.3 is 36.2 Å². The Balaban J connectivity index is 1.28. The number of hydrogen-bond donors (Lipinski definition) is 4. The van der Waals surface area contributed by atoms with E-state index in [0.717, 1.165) is 36.1 Å². The lowest BCUT2D eigenvalue weighted by Gasteiger charge is -2.29. The highest BCUT2D eigenvalue weighted by Gasteiger charge is 2.23. The summed E-state index contributed by atoms with van der Waals surface area (Å²) in [7, 11) is 0. The molecule has 4 aromatic heterocycles. The number of ether oxygens (including phenoxy) is 1. The Bertz CT molecular complexity index is 1560. The van der Waals surface area contributed by atoms with Gasteiger partial charge in [-0.2, -0.15) is 0 Å². The van der Waals surface area contributed by atoms with Gasteiger partial charge in [0.1, 0.15) is 16.3 Å². The molecular formula is C26H29N7O4S2. The number of nitrogens with zero attached hydrogens (tertiary/aromatic N) is 3. The lowest BCUT2D eigenvalue weighted by molar-refractivity contribution is 0.100. The van der Waals surface area contributed by atoms with Crippen molar-refractivity contribution in [1.29, 1.82) is 0 Å². The van der Waals surface area contributed by atoms with E-state index in [1.807, 2.05) is 10.3 Å². The number of nitrogens with two attached hydrogens (primary N) is 2. The van der Waals surface area contributed by atoms with Crippen molar-refractivity contribution in [1.82, 2.24) is 9.97 Å². The molecule has 1 amide bonds. The lowest BCUT2D eigenvalue weighted by atomic mass is 9.91. The standard InChI is InChI=1S/C26H29N7O4S2/c27-16-3-1-2-4-17(16)30-20-6-5-14(24(28)35)25(31-20)32-26-29-12-19(39-26)15-13-38-23-18(34)11-21(37-22(15)23)33-7-9-36-10-8-33/h5-6,11-13,16-17H,1-4,7-10,27H2,(H2,28,35)(H2,29,30,31,32)/t16-,17+/m1/s1. The van der Waals surface area contributed by atoms with E-state index in [4.69, 9.17) is 20.6 Å². The lowest BCUT2D eigenvalue weighted by Crippen LogP contribution is -2.42. The predicted molar refractivity (Wildman–Crippen MR) is 154 cm³/mol. The Morgan fingerprint density at radius 1 is 1.18 bits per heavy atom. The van der Waals surface area contributed by atoms with Gasteiger partial charge in [0.05, 0.1) is 23.7 Å². The first kappa shape index (κ1) is 25.7. The first-order chi connectivity index (χ1) is 19.0. The molecule has 1 aliphatic heterocycles. The molecule has 6 rings (SSSR count). The van der Waals surface area contributed by atoms with Crippen LogP contribution < -0.4 is 32.4 Å². The first-order valence-corrected chi connectivity index (χ1v) is 14.6. The number of fused-ring (bicyclic) bond motifs is 1. The Labute approximate surface area is 232 Å². The third kappa shape index (κ3) is 5.35. The number of nitrogens with one attached hydrogen (secondary N) is 2. The molecule has 6 N–H and O–H groups in total. The number of primary amides is 1. The van der Waals surface area contributed by atoms with E-state index in [1.165, 1.54) is 22.7 Å². The third-order valence-corrected chi connectivity index (χ3v) is 8.98. The molecule has 0 unspecified atom stereocenters. The number of morpholine rings is 1. The number of thiazole rings is 1. The molecule has 0 aromatic carbocycles. The average molecular weight is 568 g/mol. The molecule has 0 radical (unpaired) electrons. The summed E-state index contributed by atoms with van der Waals surface area (Å²) < 4.78 is 12.2. The molecule has 13 heteroatoms. The molecule has 0 bridgehead atoms. The summed E-state index contributed by atoms with van der Waals surface area (Å²) in [5.41, 5.74) is 13.4. The first-order valence-electron chi connectivity index (χ1n) is 12.9. The number of hydrogen-bond acceptors (Lipinski definition) is 12. The van der Waals surface area contributed by atoms with Gasteiger partial charge in [-0.1, -0.05) is 24.2 Å². The molecule has 1 aliphatic carbocycles. The Kier molecular flexibility index (Phi) is 7.21. The fraction of sp³-hybridized carbons (Fsp3) is 0.385. The van der Waals surface area contributed by atoms with Crippen molar-refractivity contribution in [3.63, 3.8) is 0 Å². The molecule has 2 fully saturated rings. The molecule has 11 nitrogen and oxygen atoms in total. The third-order valence-electron chi connectivity index (χ3n) is 7.06. The van der Waals surface area contributed by atoms with Gasteiger partial charge in [0.2, 0.25) is 5.43 Å². The molecule has 1 saturated carbocycles. The molecular weight excluding hydrogens is 538 g/mol. The van der Waals surface area contributed by atoms with E-state index in [2.05, 4.69) is 20.6 Å². The Morgan fingerprint density at radius 3 is 2.79 bits per heavy atom. The van der Waals surface area contributed by atoms with Gasteiger partial charge in [-0.15, -0.1) is 11.3 Å². The minimum atomic E-state index is -0.594. The minimum Gasteiger partial charge on any atom is -0.439 e. The van der Waals surface area contributed by atoms with Gasteiger partial charge >= 0.3 is 0 Å². The SMILES string of the molecule is NC(=O)c1ccc(N[C@H]2CCCC[C@H]2N)nc1Nc1ncc(-c2csc3c(=O)cc(N4CCOCC4)oc23)s1. The van der Waals surface area contributed by atoms with E-state index in [9.17, 15) is 9.59 Å². The van der Waals surface area contributed by atoms with Gasteiger partial charge in [-0.3, -0.25) is 9.59 Å². The highest BCUT2D eigenvalue weighted by atomic mass is 32.1. The van der Waals surface area contributed by atoms with E-state index < -0.39 is 5.91 Å². The van der Waals surface area contributed by atoms with Crippen LogP contribution in [-0.2, 0) is 4.74 Å². The zero-order valence-electron chi connectivity index (χ0n) is 21.1. The monoisotopic (exact) mass is 567 g/mol. The van der Waals surface area contributed by atoms with Crippen LogP contribution in [0.15, 0.2) is 39.0 Å². The van der Waals surface area contributed by atoms with Crippen molar-refractivity contribution in [2.24, 2.45) is 11.5 Å². The van der Waals surface area contributed by atoms with Crippen LogP contribution in [0.1, 0.15) is 36.0 Å². The quantitative estimate of drug-likeness (QED) is 0.259. The molecule has 39 heavy (non-hydrogen) atoms. The number of aromatic nitrogens is 2. The minimum absolute atomic E-state index is 0.0542. The van der Waals surface area contributed by atoms with Gasteiger partial charge in [0.15, 0.2) is 16.6 Å². The normalized spacial score (nSPS) is 19.8. The van der Waals surface area contributed by atoms with E-state index in [1.54, 1.807) is 24.4 Å². The number of carbonyl (C=O) groups is 1. The number of carbonyl (C=O) groups excluding carboxylic acids is 1. The van der Waals surface area contributed by atoms with E-state index in [0.29, 0.717) is 59.2 Å². The van der Waals surface area contributed by atoms with Crippen molar-refractivity contribution in [3.05, 3.63) is 45.6 Å². The maximum Gasteiger partial charge on any atom is 0.252 e. The van der Waals surface area contributed by atoms with Crippen molar-refractivity contribution < 1.29 is 13.9 Å². The number of thiophene rings is 1. The van der Waals surface area contributed by atoms with Crippen LogP contribution in [0.5, 0.6) is 0 Å². The second kappa shape index (κ2) is 10.9.